The molecule has 6 heteroatoms. The number of nitrogens with one attached hydrogen (secondary N) is 1. The number of imidazole rings is 1. The van der Waals surface area contributed by atoms with Gasteiger partial charge in [0, 0.05) is 36.5 Å². The lowest BCUT2D eigenvalue weighted by atomic mass is 9.51. The lowest BCUT2D eigenvalue weighted by Crippen LogP contribution is -2.71. The van der Waals surface area contributed by atoms with E-state index in [0.717, 1.165) is 43.8 Å². The fourth-order valence-electron chi connectivity index (χ4n) is 6.35. The Morgan fingerprint density at radius 1 is 1.31 bits per heavy atom. The highest BCUT2D eigenvalue weighted by Crippen LogP contribution is 2.62. The van der Waals surface area contributed by atoms with E-state index in [1.54, 1.807) is 12.3 Å². The van der Waals surface area contributed by atoms with Crippen molar-refractivity contribution in [3.63, 3.8) is 0 Å². The summed E-state index contributed by atoms with van der Waals surface area (Å²) in [5.41, 5.74) is 0.803. The fourth-order valence-corrected chi connectivity index (χ4v) is 6.35. The molecule has 0 amide bonds. The highest BCUT2D eigenvalue weighted by molar-refractivity contribution is 5.61. The monoisotopic (exact) mass is 395 g/mol. The molecular weight excluding hydrogens is 366 g/mol. The molecule has 3 N–H and O–H groups in total. The summed E-state index contributed by atoms with van der Waals surface area (Å²) in [4.78, 5) is 4.18. The Morgan fingerprint density at radius 2 is 2.17 bits per heavy atom. The van der Waals surface area contributed by atoms with Gasteiger partial charge in [-0.05, 0) is 63.1 Å². The van der Waals surface area contributed by atoms with E-state index in [-0.39, 0.29) is 23.8 Å². The number of aromatic hydroxyl groups is 1. The summed E-state index contributed by atoms with van der Waals surface area (Å²) in [6.07, 6.45) is 10.4. The first-order chi connectivity index (χ1) is 14.0. The van der Waals surface area contributed by atoms with E-state index in [1.807, 2.05) is 18.6 Å². The molecule has 2 aromatic rings. The van der Waals surface area contributed by atoms with Crippen molar-refractivity contribution in [1.82, 2.24) is 14.9 Å². The van der Waals surface area contributed by atoms with Crippen LogP contribution < -0.4 is 10.1 Å². The normalized spacial score (nSPS) is 37.2. The van der Waals surface area contributed by atoms with E-state index in [9.17, 15) is 10.2 Å². The Balaban J connectivity index is 1.43. The summed E-state index contributed by atoms with van der Waals surface area (Å²) in [5.74, 6) is 1.78. The van der Waals surface area contributed by atoms with Gasteiger partial charge in [-0.1, -0.05) is 6.07 Å². The second-order valence-electron chi connectivity index (χ2n) is 9.78. The number of hydrogen-bond acceptors (Lipinski definition) is 5. The minimum atomic E-state index is -0.885. The SMILES string of the molecule is CC12c3c4ccc(O)c3O[C@H]1[C@@H](Cn1ccnc1)CCC2(O)C(NCC1CC1)C4. The zero-order valence-electron chi connectivity index (χ0n) is 16.8. The van der Waals surface area contributed by atoms with Crippen molar-refractivity contribution in [2.24, 2.45) is 11.8 Å². The number of nitrogens with zero attached hydrogens (tertiary/aromatic N) is 2. The van der Waals surface area contributed by atoms with Crippen LogP contribution in [0.15, 0.2) is 30.9 Å². The van der Waals surface area contributed by atoms with Crippen molar-refractivity contribution < 1.29 is 14.9 Å². The van der Waals surface area contributed by atoms with Crippen molar-refractivity contribution in [2.75, 3.05) is 6.54 Å². The number of aromatic nitrogens is 2. The lowest BCUT2D eigenvalue weighted by Gasteiger charge is -2.57. The summed E-state index contributed by atoms with van der Waals surface area (Å²) in [6.45, 7) is 3.95. The van der Waals surface area contributed by atoms with Gasteiger partial charge in [-0.15, -0.1) is 0 Å². The molecule has 0 radical (unpaired) electrons. The molecule has 1 aromatic carbocycles. The summed E-state index contributed by atoms with van der Waals surface area (Å²) in [5, 5.41) is 26.5. The van der Waals surface area contributed by atoms with E-state index in [4.69, 9.17) is 4.74 Å². The number of rotatable bonds is 5. The highest BCUT2D eigenvalue weighted by atomic mass is 16.5. The van der Waals surface area contributed by atoms with Gasteiger partial charge in [-0.3, -0.25) is 0 Å². The van der Waals surface area contributed by atoms with Crippen LogP contribution >= 0.6 is 0 Å². The summed E-state index contributed by atoms with van der Waals surface area (Å²) >= 11 is 0. The second-order valence-corrected chi connectivity index (χ2v) is 9.78. The number of benzene rings is 1. The van der Waals surface area contributed by atoms with E-state index in [2.05, 4.69) is 21.8 Å². The van der Waals surface area contributed by atoms with Crippen LogP contribution in [0, 0.1) is 11.8 Å². The van der Waals surface area contributed by atoms with Crippen molar-refractivity contribution in [2.45, 2.75) is 68.7 Å². The maximum Gasteiger partial charge on any atom is 0.165 e. The Morgan fingerprint density at radius 3 is 2.93 bits per heavy atom. The van der Waals surface area contributed by atoms with Crippen LogP contribution in [0.1, 0.15) is 43.7 Å². The fraction of sp³-hybridized carbons (Fsp3) is 0.609. The lowest BCUT2D eigenvalue weighted by molar-refractivity contribution is -0.144. The molecule has 29 heavy (non-hydrogen) atoms. The average Bonchev–Trinajstić information content (AvgIpc) is 3.27. The van der Waals surface area contributed by atoms with Gasteiger partial charge in [-0.25, -0.2) is 4.98 Å². The average molecular weight is 396 g/mol. The van der Waals surface area contributed by atoms with Gasteiger partial charge in [0.1, 0.15) is 6.10 Å². The Hall–Kier alpha value is -2.05. The van der Waals surface area contributed by atoms with Crippen molar-refractivity contribution in [3.8, 4) is 11.5 Å². The van der Waals surface area contributed by atoms with Crippen LogP contribution in [-0.4, -0.2) is 44.1 Å². The van der Waals surface area contributed by atoms with Crippen LogP contribution in [0.4, 0.5) is 0 Å². The molecule has 2 heterocycles. The van der Waals surface area contributed by atoms with Crippen LogP contribution in [-0.2, 0) is 18.4 Å². The van der Waals surface area contributed by atoms with Crippen LogP contribution in [0.2, 0.25) is 0 Å². The maximum atomic E-state index is 12.2. The van der Waals surface area contributed by atoms with E-state index in [1.165, 1.54) is 18.4 Å². The largest absolute Gasteiger partial charge is 0.504 e. The quantitative estimate of drug-likeness (QED) is 0.724. The predicted octanol–water partition coefficient (Wildman–Crippen LogP) is 2.37. The zero-order chi connectivity index (χ0) is 19.8. The molecule has 4 aliphatic rings. The first-order valence-corrected chi connectivity index (χ1v) is 10.9. The van der Waals surface area contributed by atoms with E-state index >= 15 is 0 Å². The van der Waals surface area contributed by atoms with Crippen LogP contribution in [0.25, 0.3) is 0 Å². The standard InChI is InChI=1S/C23H29N3O3/c1-22-19-15-4-5-17(27)20(19)29-21(22)16(12-26-9-8-24-13-26)6-7-23(22,28)18(10-15)25-11-14-2-3-14/h4-5,8-9,13-14,16,18,21,25,27-28H,2-3,6-7,10-12H2,1H3/t16-,18?,21+,22?,23?/m1/s1. The third-order valence-corrected chi connectivity index (χ3v) is 8.14. The van der Waals surface area contributed by atoms with Gasteiger partial charge in [0.15, 0.2) is 11.5 Å². The third-order valence-electron chi connectivity index (χ3n) is 8.14. The molecule has 0 bridgehead atoms. The topological polar surface area (TPSA) is 79.5 Å². The number of phenolic OH excluding ortho intramolecular Hbond substituents is 1. The Bertz CT molecular complexity index is 941. The molecule has 6 nitrogen and oxygen atoms in total. The number of hydrogen-bond donors (Lipinski definition) is 3. The molecule has 1 aromatic heterocycles. The third kappa shape index (κ3) is 2.39. The number of phenols is 1. The van der Waals surface area contributed by atoms with E-state index < -0.39 is 11.0 Å². The van der Waals surface area contributed by atoms with Gasteiger partial charge in [-0.2, -0.15) is 0 Å². The first kappa shape index (κ1) is 17.8. The summed E-state index contributed by atoms with van der Waals surface area (Å²) < 4.78 is 8.57. The van der Waals surface area contributed by atoms with Gasteiger partial charge in [0.2, 0.25) is 0 Å². The molecule has 2 fully saturated rings. The molecule has 154 valence electrons. The Kier molecular flexibility index (Phi) is 3.67. The van der Waals surface area contributed by atoms with Gasteiger partial charge in [0.05, 0.1) is 17.3 Å². The summed E-state index contributed by atoms with van der Waals surface area (Å²) in [6, 6.07) is 3.79. The van der Waals surface area contributed by atoms with Crippen molar-refractivity contribution in [1.29, 1.82) is 0 Å². The van der Waals surface area contributed by atoms with Crippen LogP contribution in [0.5, 0.6) is 11.5 Å². The second kappa shape index (κ2) is 5.99. The highest BCUT2D eigenvalue weighted by Gasteiger charge is 2.68. The van der Waals surface area contributed by atoms with Crippen molar-refractivity contribution in [3.05, 3.63) is 42.0 Å². The Labute approximate surface area is 170 Å². The smallest absolute Gasteiger partial charge is 0.165 e. The number of ether oxygens (including phenoxy) is 1. The van der Waals surface area contributed by atoms with Gasteiger partial charge >= 0.3 is 0 Å². The van der Waals surface area contributed by atoms with Gasteiger partial charge in [0.25, 0.3) is 0 Å². The predicted molar refractivity (Wildman–Crippen MR) is 108 cm³/mol. The molecule has 0 saturated heterocycles. The first-order valence-electron chi connectivity index (χ1n) is 10.9. The molecule has 1 aliphatic heterocycles. The van der Waals surface area contributed by atoms with Crippen molar-refractivity contribution >= 4 is 0 Å². The molecule has 3 aliphatic carbocycles. The molecule has 6 rings (SSSR count). The maximum absolute atomic E-state index is 12.2. The molecule has 2 saturated carbocycles. The molecule has 5 atom stereocenters. The molecule has 3 unspecified atom stereocenters. The molecule has 0 spiro atoms. The molecular formula is C23H29N3O3. The van der Waals surface area contributed by atoms with E-state index in [0.29, 0.717) is 5.75 Å². The van der Waals surface area contributed by atoms with Crippen LogP contribution in [0.3, 0.4) is 0 Å². The van der Waals surface area contributed by atoms with Gasteiger partial charge < -0.3 is 24.8 Å². The zero-order valence-corrected chi connectivity index (χ0v) is 16.8. The summed E-state index contributed by atoms with van der Waals surface area (Å²) in [7, 11) is 0. The minimum Gasteiger partial charge on any atom is -0.504 e. The minimum absolute atomic E-state index is 0.0105. The number of aliphatic hydroxyl groups is 1.